The van der Waals surface area contributed by atoms with Crippen LogP contribution in [0.3, 0.4) is 0 Å². The molecule has 0 saturated heterocycles. The maximum absolute atomic E-state index is 6.70. The largest absolute Gasteiger partial charge is 0.496 e. The number of anilines is 5. The van der Waals surface area contributed by atoms with E-state index in [-0.39, 0.29) is 5.92 Å². The summed E-state index contributed by atoms with van der Waals surface area (Å²) in [5, 5.41) is 0. The predicted molar refractivity (Wildman–Crippen MR) is 284 cm³/mol. The van der Waals surface area contributed by atoms with Crippen molar-refractivity contribution in [3.8, 4) is 11.5 Å². The van der Waals surface area contributed by atoms with Gasteiger partial charge in [-0.15, -0.1) is 0 Å². The summed E-state index contributed by atoms with van der Waals surface area (Å²) < 4.78 is 12.8. The summed E-state index contributed by atoms with van der Waals surface area (Å²) in [6.07, 6.45) is 22.8. The zero-order valence-corrected chi connectivity index (χ0v) is 40.6. The molecule has 1 aliphatic rings. The molecule has 2 unspecified atom stereocenters. The molecule has 7 rings (SSSR count). The first-order valence-corrected chi connectivity index (χ1v) is 24.1. The van der Waals surface area contributed by atoms with Gasteiger partial charge in [-0.05, 0) is 143 Å². The quantitative estimate of drug-likeness (QED) is 0.0564. The molecule has 0 radical (unpaired) electrons. The van der Waals surface area contributed by atoms with Crippen LogP contribution < -0.4 is 19.3 Å². The molecule has 0 spiro atoms. The van der Waals surface area contributed by atoms with Crippen LogP contribution in [0.15, 0.2) is 163 Å². The van der Waals surface area contributed by atoms with Crippen molar-refractivity contribution in [2.45, 2.75) is 87.0 Å². The van der Waals surface area contributed by atoms with Crippen LogP contribution in [0.4, 0.5) is 28.4 Å². The highest BCUT2D eigenvalue weighted by molar-refractivity contribution is 5.80. The third kappa shape index (κ3) is 13.1. The van der Waals surface area contributed by atoms with Gasteiger partial charge in [0, 0.05) is 45.3 Å². The van der Waals surface area contributed by atoms with Crippen LogP contribution in [0.25, 0.3) is 18.2 Å². The molecule has 4 nitrogen and oxygen atoms in total. The summed E-state index contributed by atoms with van der Waals surface area (Å²) in [5.41, 5.74) is 14.9. The van der Waals surface area contributed by atoms with Crippen LogP contribution in [0, 0.1) is 45.4 Å². The number of allylic oxidation sites excluding steroid dienone is 4. The minimum atomic E-state index is 0.243. The molecule has 4 heteroatoms. The van der Waals surface area contributed by atoms with Crippen molar-refractivity contribution >= 4 is 46.7 Å². The molecule has 0 fully saturated rings. The average molecular weight is 875 g/mol. The van der Waals surface area contributed by atoms with Crippen LogP contribution in [0.1, 0.15) is 98.2 Å². The van der Waals surface area contributed by atoms with E-state index in [1.807, 2.05) is 0 Å². The molecular formula is C62H70N2O2. The van der Waals surface area contributed by atoms with Gasteiger partial charge in [0.2, 0.25) is 0 Å². The van der Waals surface area contributed by atoms with E-state index >= 15 is 0 Å². The Kier molecular flexibility index (Phi) is 16.6. The molecule has 0 heterocycles. The van der Waals surface area contributed by atoms with Gasteiger partial charge in [0.05, 0.1) is 13.7 Å². The maximum atomic E-state index is 6.70. The molecule has 340 valence electrons. The van der Waals surface area contributed by atoms with Crippen LogP contribution in [-0.4, -0.2) is 13.7 Å². The summed E-state index contributed by atoms with van der Waals surface area (Å²) in [7, 11) is 1.76. The number of methoxy groups -OCH3 is 1. The summed E-state index contributed by atoms with van der Waals surface area (Å²) in [6.45, 7) is 16.2. The Morgan fingerprint density at radius 2 is 1.02 bits per heavy atom. The number of benzene rings is 6. The molecule has 1 aliphatic carbocycles. The lowest BCUT2D eigenvalue weighted by atomic mass is 9.96. The summed E-state index contributed by atoms with van der Waals surface area (Å²) in [4.78, 5) is 4.66. The molecule has 0 N–H and O–H groups in total. The summed E-state index contributed by atoms with van der Waals surface area (Å²) in [5.74, 6) is 3.30. The molecule has 2 atom stereocenters. The van der Waals surface area contributed by atoms with E-state index in [0.717, 1.165) is 75.4 Å². The van der Waals surface area contributed by atoms with Crippen molar-refractivity contribution in [1.29, 1.82) is 0 Å². The number of aryl methyl sites for hydroxylation is 4. The van der Waals surface area contributed by atoms with E-state index in [4.69, 9.17) is 9.47 Å². The SMILES string of the molecule is COc1cc(/C=C/c2ccc(N(c3ccc(C)cc3)c3ccc(C)cc3)cc2)c(OCCC(C)CCCCC(C)C)cc1/C=C/C1C=CC(N(c2ccc(C)cc2)c2ccc(C)cc2)=CC1. The Morgan fingerprint density at radius 1 is 0.545 bits per heavy atom. The monoisotopic (exact) mass is 875 g/mol. The molecule has 6 aromatic carbocycles. The van der Waals surface area contributed by atoms with Crippen molar-refractivity contribution in [3.05, 3.63) is 202 Å². The maximum Gasteiger partial charge on any atom is 0.127 e. The molecule has 0 bridgehead atoms. The van der Waals surface area contributed by atoms with Gasteiger partial charge < -0.3 is 19.3 Å². The fourth-order valence-corrected chi connectivity index (χ4v) is 8.47. The smallest absolute Gasteiger partial charge is 0.127 e. The summed E-state index contributed by atoms with van der Waals surface area (Å²) in [6, 6.07) is 48.1. The third-order valence-electron chi connectivity index (χ3n) is 12.6. The average Bonchev–Trinajstić information content (AvgIpc) is 3.32. The van der Waals surface area contributed by atoms with Gasteiger partial charge in [0.25, 0.3) is 0 Å². The van der Waals surface area contributed by atoms with Crippen LogP contribution in [-0.2, 0) is 0 Å². The minimum Gasteiger partial charge on any atom is -0.496 e. The lowest BCUT2D eigenvalue weighted by Crippen LogP contribution is -2.17. The van der Waals surface area contributed by atoms with Crippen molar-refractivity contribution in [1.82, 2.24) is 0 Å². The Bertz CT molecular complexity index is 2490. The Hall–Kier alpha value is -6.52. The van der Waals surface area contributed by atoms with Gasteiger partial charge in [-0.1, -0.05) is 166 Å². The van der Waals surface area contributed by atoms with Crippen molar-refractivity contribution in [2.75, 3.05) is 23.5 Å². The minimum absolute atomic E-state index is 0.243. The van der Waals surface area contributed by atoms with Crippen molar-refractivity contribution in [2.24, 2.45) is 17.8 Å². The highest BCUT2D eigenvalue weighted by Crippen LogP contribution is 2.37. The fraction of sp³-hybridized carbons (Fsp3) is 0.290. The predicted octanol–water partition coefficient (Wildman–Crippen LogP) is 17.5. The second-order valence-electron chi connectivity index (χ2n) is 18.7. The topological polar surface area (TPSA) is 24.9 Å². The summed E-state index contributed by atoms with van der Waals surface area (Å²) >= 11 is 0. The van der Waals surface area contributed by atoms with E-state index in [9.17, 15) is 0 Å². The molecule has 0 aliphatic heterocycles. The number of ether oxygens (including phenoxy) is 2. The normalized spacial score (nSPS) is 14.2. The molecule has 0 saturated carbocycles. The lowest BCUT2D eigenvalue weighted by molar-refractivity contribution is 0.275. The van der Waals surface area contributed by atoms with Gasteiger partial charge in [-0.25, -0.2) is 0 Å². The van der Waals surface area contributed by atoms with Crippen molar-refractivity contribution in [3.63, 3.8) is 0 Å². The third-order valence-corrected chi connectivity index (χ3v) is 12.6. The van der Waals surface area contributed by atoms with Crippen LogP contribution in [0.5, 0.6) is 11.5 Å². The number of nitrogens with zero attached hydrogens (tertiary/aromatic N) is 2. The first-order valence-electron chi connectivity index (χ1n) is 24.1. The first kappa shape index (κ1) is 47.4. The van der Waals surface area contributed by atoms with Gasteiger partial charge in [0.15, 0.2) is 0 Å². The fourth-order valence-electron chi connectivity index (χ4n) is 8.47. The zero-order chi connectivity index (χ0) is 46.4. The van der Waals surface area contributed by atoms with Gasteiger partial charge in [-0.2, -0.15) is 0 Å². The number of hydrogen-bond acceptors (Lipinski definition) is 4. The molecular weight excluding hydrogens is 805 g/mol. The van der Waals surface area contributed by atoms with Crippen LogP contribution >= 0.6 is 0 Å². The van der Waals surface area contributed by atoms with E-state index in [1.54, 1.807) is 7.11 Å². The number of rotatable bonds is 20. The van der Waals surface area contributed by atoms with Gasteiger partial charge >= 0.3 is 0 Å². The van der Waals surface area contributed by atoms with E-state index in [0.29, 0.717) is 12.5 Å². The number of unbranched alkanes of at least 4 members (excludes halogenated alkanes) is 1. The molecule has 6 aromatic rings. The van der Waals surface area contributed by atoms with Gasteiger partial charge in [-0.3, -0.25) is 0 Å². The number of hydrogen-bond donors (Lipinski definition) is 0. The Morgan fingerprint density at radius 3 is 1.50 bits per heavy atom. The Balaban J connectivity index is 1.11. The van der Waals surface area contributed by atoms with Crippen molar-refractivity contribution < 1.29 is 9.47 Å². The second-order valence-corrected chi connectivity index (χ2v) is 18.7. The van der Waals surface area contributed by atoms with Gasteiger partial charge in [0.1, 0.15) is 11.5 Å². The van der Waals surface area contributed by atoms with Crippen LogP contribution in [0.2, 0.25) is 0 Å². The van der Waals surface area contributed by atoms with E-state index in [2.05, 4.69) is 234 Å². The zero-order valence-electron chi connectivity index (χ0n) is 40.6. The highest BCUT2D eigenvalue weighted by Gasteiger charge is 2.18. The standard InChI is InChI=1S/C62H70N2O2/c1-45(2)11-9-10-12-46(3)41-42-66-62-44-53(27-21-51-23-37-59(38-24-51)63(55-29-13-47(4)14-30-55)56-31-15-48(5)16-32-56)61(65-8)43-54(62)28-22-52-25-39-60(40-26-52)64(57-33-17-49(6)18-34-57)58-35-19-50(7)20-36-58/h13-23,25-40,43-46,51H,9-12,24,41-42H2,1-8H3/b27-21+,28-22+. The molecule has 0 amide bonds. The first-order chi connectivity index (χ1) is 32.0. The Labute approximate surface area is 396 Å². The molecule has 0 aromatic heterocycles. The van der Waals surface area contributed by atoms with E-state index in [1.165, 1.54) is 53.6 Å². The second kappa shape index (κ2) is 23.1. The molecule has 66 heavy (non-hydrogen) atoms. The highest BCUT2D eigenvalue weighted by atomic mass is 16.5. The van der Waals surface area contributed by atoms with E-state index < -0.39 is 0 Å². The lowest BCUT2D eigenvalue weighted by Gasteiger charge is -2.28.